The van der Waals surface area contributed by atoms with E-state index in [0.717, 1.165) is 36.2 Å². The normalized spacial score (nSPS) is 14.0. The predicted octanol–water partition coefficient (Wildman–Crippen LogP) is 3.97. The van der Waals surface area contributed by atoms with Gasteiger partial charge in [-0.3, -0.25) is 10.8 Å². The second-order valence-corrected chi connectivity index (χ2v) is 5.48. The number of aryl methyl sites for hydroxylation is 1. The summed E-state index contributed by atoms with van der Waals surface area (Å²) in [5.74, 6) is 5.64. The Balaban J connectivity index is 2.51. The minimum absolute atomic E-state index is 0.408. The Morgan fingerprint density at radius 1 is 1.17 bits per heavy atom. The molecular weight excluding hydrogens is 293 g/mol. The lowest BCUT2D eigenvalue weighted by Crippen LogP contribution is -2.11. The molecule has 3 N–H and O–H groups in total. The number of anilines is 1. The molecule has 94 valence electrons. The first kappa shape index (κ1) is 12.3. The highest BCUT2D eigenvalue weighted by atomic mass is 35.5. The summed E-state index contributed by atoms with van der Waals surface area (Å²) in [6, 6.07) is 1.61. The number of nitrogens with zero attached hydrogens (tertiary/aromatic N) is 1. The van der Waals surface area contributed by atoms with Gasteiger partial charge in [-0.1, -0.05) is 34.8 Å². The summed E-state index contributed by atoms with van der Waals surface area (Å²) in [6.07, 6.45) is 2.95. The highest BCUT2D eigenvalue weighted by Crippen LogP contribution is 2.42. The van der Waals surface area contributed by atoms with Crippen LogP contribution in [-0.2, 0) is 12.8 Å². The molecule has 18 heavy (non-hydrogen) atoms. The zero-order chi connectivity index (χ0) is 12.9. The summed E-state index contributed by atoms with van der Waals surface area (Å²) in [5.41, 5.74) is 6.32. The van der Waals surface area contributed by atoms with Gasteiger partial charge in [-0.15, -0.1) is 0 Å². The van der Waals surface area contributed by atoms with Gasteiger partial charge in [-0.05, 0) is 30.9 Å². The number of benzene rings is 1. The highest BCUT2D eigenvalue weighted by molar-refractivity contribution is 6.48. The summed E-state index contributed by atoms with van der Waals surface area (Å²) in [6.45, 7) is 0. The Morgan fingerprint density at radius 3 is 2.67 bits per heavy atom. The van der Waals surface area contributed by atoms with Crippen LogP contribution in [0.15, 0.2) is 6.07 Å². The van der Waals surface area contributed by atoms with Crippen LogP contribution in [-0.4, -0.2) is 4.98 Å². The van der Waals surface area contributed by atoms with Crippen LogP contribution in [0.1, 0.15) is 17.7 Å². The minimum Gasteiger partial charge on any atom is -0.323 e. The Kier molecular flexibility index (Phi) is 3.02. The van der Waals surface area contributed by atoms with E-state index in [-0.39, 0.29) is 0 Å². The SMILES string of the molecule is NNc1c2c(nc3c(Cl)cc(Cl)c(Cl)c13)CCC2. The van der Waals surface area contributed by atoms with E-state index < -0.39 is 0 Å². The zero-order valence-electron chi connectivity index (χ0n) is 9.36. The molecule has 3 rings (SSSR count). The van der Waals surface area contributed by atoms with Crippen molar-refractivity contribution >= 4 is 51.4 Å². The third-order valence-corrected chi connectivity index (χ3v) is 4.35. The average Bonchev–Trinajstić information content (AvgIpc) is 2.81. The number of aromatic nitrogens is 1. The van der Waals surface area contributed by atoms with Crippen LogP contribution in [0.3, 0.4) is 0 Å². The second-order valence-electron chi connectivity index (χ2n) is 4.29. The van der Waals surface area contributed by atoms with E-state index in [1.807, 2.05) is 0 Å². The fourth-order valence-electron chi connectivity index (χ4n) is 2.49. The Labute approximate surface area is 119 Å². The standard InChI is InChI=1S/C12H10Cl3N3/c13-6-4-7(14)12-9(10(6)15)11(18-16)5-2-1-3-8(5)17-12/h4H,1-3,16H2,(H,17,18). The van der Waals surface area contributed by atoms with E-state index in [2.05, 4.69) is 10.4 Å². The lowest BCUT2D eigenvalue weighted by atomic mass is 10.1. The van der Waals surface area contributed by atoms with Crippen LogP contribution in [0.4, 0.5) is 5.69 Å². The lowest BCUT2D eigenvalue weighted by molar-refractivity contribution is 0.901. The average molecular weight is 303 g/mol. The molecule has 1 aromatic carbocycles. The summed E-state index contributed by atoms with van der Waals surface area (Å²) in [4.78, 5) is 4.60. The van der Waals surface area contributed by atoms with Crippen molar-refractivity contribution in [2.24, 2.45) is 5.84 Å². The summed E-state index contributed by atoms with van der Waals surface area (Å²) >= 11 is 18.5. The van der Waals surface area contributed by atoms with E-state index in [1.165, 1.54) is 0 Å². The van der Waals surface area contributed by atoms with E-state index in [0.29, 0.717) is 26.0 Å². The smallest absolute Gasteiger partial charge is 0.0929 e. The maximum absolute atomic E-state index is 6.26. The number of fused-ring (bicyclic) bond motifs is 2. The first-order valence-electron chi connectivity index (χ1n) is 5.59. The van der Waals surface area contributed by atoms with Crippen molar-refractivity contribution in [2.45, 2.75) is 19.3 Å². The molecule has 1 heterocycles. The highest BCUT2D eigenvalue weighted by Gasteiger charge is 2.22. The van der Waals surface area contributed by atoms with Crippen molar-refractivity contribution < 1.29 is 0 Å². The molecule has 0 fully saturated rings. The number of rotatable bonds is 1. The van der Waals surface area contributed by atoms with Gasteiger partial charge in [-0.2, -0.15) is 0 Å². The van der Waals surface area contributed by atoms with Crippen LogP contribution in [0.2, 0.25) is 15.1 Å². The van der Waals surface area contributed by atoms with Gasteiger partial charge in [0.2, 0.25) is 0 Å². The molecule has 1 aromatic heterocycles. The fraction of sp³-hybridized carbons (Fsp3) is 0.250. The van der Waals surface area contributed by atoms with Crippen LogP contribution in [0.5, 0.6) is 0 Å². The predicted molar refractivity (Wildman–Crippen MR) is 76.6 cm³/mol. The van der Waals surface area contributed by atoms with E-state index in [4.69, 9.17) is 40.6 Å². The van der Waals surface area contributed by atoms with Gasteiger partial charge in [-0.25, -0.2) is 0 Å². The molecule has 1 aliphatic carbocycles. The summed E-state index contributed by atoms with van der Waals surface area (Å²) in [5, 5.41) is 2.04. The lowest BCUT2D eigenvalue weighted by Gasteiger charge is -2.14. The van der Waals surface area contributed by atoms with Gasteiger partial charge >= 0.3 is 0 Å². The maximum Gasteiger partial charge on any atom is 0.0929 e. The Bertz CT molecular complexity index is 655. The molecule has 0 bridgehead atoms. The zero-order valence-corrected chi connectivity index (χ0v) is 11.6. The quantitative estimate of drug-likeness (QED) is 0.476. The van der Waals surface area contributed by atoms with Crippen LogP contribution in [0, 0.1) is 0 Å². The number of nitrogens with two attached hydrogens (primary N) is 1. The molecule has 0 saturated carbocycles. The van der Waals surface area contributed by atoms with E-state index in [9.17, 15) is 0 Å². The molecule has 0 atom stereocenters. The number of nitrogens with one attached hydrogen (secondary N) is 1. The van der Waals surface area contributed by atoms with Gasteiger partial charge in [0.15, 0.2) is 0 Å². The molecule has 0 saturated heterocycles. The molecule has 0 aliphatic heterocycles. The number of pyridine rings is 1. The maximum atomic E-state index is 6.26. The van der Waals surface area contributed by atoms with Crippen LogP contribution in [0.25, 0.3) is 10.9 Å². The van der Waals surface area contributed by atoms with Crippen molar-refractivity contribution in [3.8, 4) is 0 Å². The van der Waals surface area contributed by atoms with Crippen LogP contribution < -0.4 is 11.3 Å². The van der Waals surface area contributed by atoms with E-state index >= 15 is 0 Å². The van der Waals surface area contributed by atoms with Gasteiger partial charge in [0.1, 0.15) is 0 Å². The first-order chi connectivity index (χ1) is 8.63. The Hall–Kier alpha value is -0.740. The molecule has 2 aromatic rings. The van der Waals surface area contributed by atoms with Gasteiger partial charge in [0.05, 0.1) is 26.3 Å². The number of hydrogen-bond donors (Lipinski definition) is 2. The summed E-state index contributed by atoms with van der Waals surface area (Å²) in [7, 11) is 0. The van der Waals surface area contributed by atoms with Crippen molar-refractivity contribution in [1.29, 1.82) is 0 Å². The van der Waals surface area contributed by atoms with Crippen LogP contribution >= 0.6 is 34.8 Å². The third-order valence-electron chi connectivity index (χ3n) is 3.28. The van der Waals surface area contributed by atoms with Crippen molar-refractivity contribution in [3.63, 3.8) is 0 Å². The van der Waals surface area contributed by atoms with Gasteiger partial charge in [0, 0.05) is 11.1 Å². The summed E-state index contributed by atoms with van der Waals surface area (Å²) < 4.78 is 0. The monoisotopic (exact) mass is 301 g/mol. The van der Waals surface area contributed by atoms with Crippen molar-refractivity contribution in [1.82, 2.24) is 4.98 Å². The van der Waals surface area contributed by atoms with Crippen molar-refractivity contribution in [2.75, 3.05) is 5.43 Å². The number of hydrogen-bond acceptors (Lipinski definition) is 3. The van der Waals surface area contributed by atoms with Gasteiger partial charge < -0.3 is 5.43 Å². The largest absolute Gasteiger partial charge is 0.323 e. The molecule has 6 heteroatoms. The molecular formula is C12H10Cl3N3. The fourth-order valence-corrected chi connectivity index (χ4v) is 3.23. The third kappa shape index (κ3) is 1.66. The number of halogens is 3. The molecule has 1 aliphatic rings. The Morgan fingerprint density at radius 2 is 1.94 bits per heavy atom. The molecule has 0 radical (unpaired) electrons. The number of hydrazine groups is 1. The topological polar surface area (TPSA) is 50.9 Å². The molecule has 0 amide bonds. The van der Waals surface area contributed by atoms with E-state index in [1.54, 1.807) is 6.07 Å². The second kappa shape index (κ2) is 4.42. The molecule has 0 unspecified atom stereocenters. The molecule has 3 nitrogen and oxygen atoms in total. The first-order valence-corrected chi connectivity index (χ1v) is 6.72. The van der Waals surface area contributed by atoms with Crippen molar-refractivity contribution in [3.05, 3.63) is 32.4 Å². The minimum atomic E-state index is 0.408. The molecule has 0 spiro atoms. The number of nitrogen functional groups attached to an aromatic ring is 1. The van der Waals surface area contributed by atoms with Gasteiger partial charge in [0.25, 0.3) is 0 Å².